The van der Waals surface area contributed by atoms with E-state index in [0.29, 0.717) is 0 Å². The van der Waals surface area contributed by atoms with Gasteiger partial charge in [0.05, 0.1) is 11.3 Å². The number of benzene rings is 8. The Labute approximate surface area is 346 Å². The number of hydrogen-bond donors (Lipinski definition) is 0. The molecule has 1 aliphatic heterocycles. The Morgan fingerprint density at radius 3 is 1.55 bits per heavy atom. The van der Waals surface area contributed by atoms with E-state index in [0.717, 1.165) is 28.4 Å². The lowest BCUT2D eigenvalue weighted by atomic mass is 9.92. The van der Waals surface area contributed by atoms with Crippen LogP contribution in [0.2, 0.25) is 0 Å². The van der Waals surface area contributed by atoms with Crippen molar-refractivity contribution in [2.75, 3.05) is 9.80 Å². The molecule has 0 radical (unpaired) electrons. The minimum atomic E-state index is 0.0779. The Hall–Kier alpha value is -6.81. The topological polar surface area (TPSA) is 6.48 Å². The van der Waals surface area contributed by atoms with Crippen molar-refractivity contribution in [2.45, 2.75) is 23.1 Å². The summed E-state index contributed by atoms with van der Waals surface area (Å²) in [6, 6.07) is 75.1. The van der Waals surface area contributed by atoms with Crippen LogP contribution in [0.15, 0.2) is 229 Å². The molecule has 10 rings (SSSR count). The number of hydrogen-bond acceptors (Lipinski definition) is 3. The van der Waals surface area contributed by atoms with E-state index in [4.69, 9.17) is 0 Å². The van der Waals surface area contributed by atoms with E-state index in [-0.39, 0.29) is 11.3 Å². The highest BCUT2D eigenvalue weighted by atomic mass is 32.2. The van der Waals surface area contributed by atoms with Crippen LogP contribution < -0.4 is 9.80 Å². The molecular weight excluding hydrogens is 721 g/mol. The van der Waals surface area contributed by atoms with Gasteiger partial charge in [0.25, 0.3) is 0 Å². The molecule has 2 unspecified atom stereocenters. The molecule has 2 aliphatic rings. The summed E-state index contributed by atoms with van der Waals surface area (Å²) in [5.74, 6) is 0. The van der Waals surface area contributed by atoms with E-state index in [2.05, 4.69) is 241 Å². The molecule has 278 valence electrons. The molecular formula is C55H42N2S. The van der Waals surface area contributed by atoms with Gasteiger partial charge in [0.1, 0.15) is 0 Å². The molecule has 0 aromatic heterocycles. The Morgan fingerprint density at radius 1 is 0.414 bits per heavy atom. The van der Waals surface area contributed by atoms with Crippen molar-refractivity contribution in [2.24, 2.45) is 0 Å². The smallest absolute Gasteiger partial charge is 0.0688 e. The highest BCUT2D eigenvalue weighted by Crippen LogP contribution is 2.51. The Morgan fingerprint density at radius 2 is 0.914 bits per heavy atom. The Kier molecular flexibility index (Phi) is 9.58. The van der Waals surface area contributed by atoms with Gasteiger partial charge in [-0.05, 0) is 112 Å². The quantitative estimate of drug-likeness (QED) is 0.145. The molecule has 2 nitrogen and oxygen atoms in total. The SMILES string of the molecule is Cc1ccc(-c2ccc(N(c3cccc(N(c4cccc(-c5ccccc5)c4)c4cccc(-c5ccccc5)c4)c3)C3C=CC=C4c5ccccc5SC43)cc2)cc1. The summed E-state index contributed by atoms with van der Waals surface area (Å²) in [7, 11) is 0. The molecule has 0 fully saturated rings. The van der Waals surface area contributed by atoms with Gasteiger partial charge in [0.15, 0.2) is 0 Å². The molecule has 0 saturated carbocycles. The van der Waals surface area contributed by atoms with Crippen LogP contribution in [0.3, 0.4) is 0 Å². The van der Waals surface area contributed by atoms with Crippen LogP contribution in [0.5, 0.6) is 0 Å². The fraction of sp³-hybridized carbons (Fsp3) is 0.0545. The van der Waals surface area contributed by atoms with E-state index in [1.165, 1.54) is 55.0 Å². The Bertz CT molecular complexity index is 2690. The molecule has 0 saturated heterocycles. The number of rotatable bonds is 9. The molecule has 1 heterocycles. The zero-order valence-corrected chi connectivity index (χ0v) is 33.1. The van der Waals surface area contributed by atoms with Crippen molar-refractivity contribution in [1.82, 2.24) is 0 Å². The van der Waals surface area contributed by atoms with E-state index in [9.17, 15) is 0 Å². The van der Waals surface area contributed by atoms with Gasteiger partial charge in [-0.2, -0.15) is 0 Å². The second-order valence-corrected chi connectivity index (χ2v) is 16.2. The van der Waals surface area contributed by atoms with Gasteiger partial charge in [-0.1, -0.05) is 169 Å². The average molecular weight is 763 g/mol. The highest BCUT2D eigenvalue weighted by Gasteiger charge is 2.38. The van der Waals surface area contributed by atoms with Gasteiger partial charge < -0.3 is 9.80 Å². The molecule has 58 heavy (non-hydrogen) atoms. The molecule has 0 bridgehead atoms. The van der Waals surface area contributed by atoms with Crippen LogP contribution in [0.25, 0.3) is 39.0 Å². The lowest BCUT2D eigenvalue weighted by Gasteiger charge is -2.38. The molecule has 0 spiro atoms. The summed E-state index contributed by atoms with van der Waals surface area (Å²) in [5.41, 5.74) is 16.8. The third-order valence-corrected chi connectivity index (χ3v) is 12.7. The van der Waals surface area contributed by atoms with E-state index >= 15 is 0 Å². The molecule has 2 atom stereocenters. The predicted molar refractivity (Wildman–Crippen MR) is 248 cm³/mol. The molecule has 8 aromatic rings. The molecule has 0 amide bonds. The summed E-state index contributed by atoms with van der Waals surface area (Å²) in [4.78, 5) is 6.30. The minimum absolute atomic E-state index is 0.0779. The molecule has 0 N–H and O–H groups in total. The monoisotopic (exact) mass is 762 g/mol. The maximum atomic E-state index is 2.55. The zero-order chi connectivity index (χ0) is 38.8. The normalized spacial score (nSPS) is 15.3. The third-order valence-electron chi connectivity index (χ3n) is 11.3. The van der Waals surface area contributed by atoms with Gasteiger partial charge in [-0.25, -0.2) is 0 Å². The van der Waals surface area contributed by atoms with Gasteiger partial charge in [-0.15, -0.1) is 11.8 Å². The minimum Gasteiger partial charge on any atom is -0.333 e. The van der Waals surface area contributed by atoms with Crippen LogP contribution in [0.1, 0.15) is 11.1 Å². The van der Waals surface area contributed by atoms with Crippen molar-refractivity contribution in [1.29, 1.82) is 0 Å². The number of anilines is 5. The van der Waals surface area contributed by atoms with E-state index < -0.39 is 0 Å². The lowest BCUT2D eigenvalue weighted by Crippen LogP contribution is -2.38. The number of aryl methyl sites for hydroxylation is 1. The first-order valence-electron chi connectivity index (χ1n) is 20.0. The van der Waals surface area contributed by atoms with Gasteiger partial charge >= 0.3 is 0 Å². The molecule has 8 aromatic carbocycles. The lowest BCUT2D eigenvalue weighted by molar-refractivity contribution is 0.813. The molecule has 3 heteroatoms. The van der Waals surface area contributed by atoms with E-state index in [1.807, 2.05) is 11.8 Å². The fourth-order valence-corrected chi connectivity index (χ4v) is 9.82. The predicted octanol–water partition coefficient (Wildman–Crippen LogP) is 15.1. The summed E-state index contributed by atoms with van der Waals surface area (Å²) in [6.07, 6.45) is 6.96. The van der Waals surface area contributed by atoms with Crippen LogP contribution in [0.4, 0.5) is 28.4 Å². The highest BCUT2D eigenvalue weighted by molar-refractivity contribution is 8.01. The van der Waals surface area contributed by atoms with Gasteiger partial charge in [0.2, 0.25) is 0 Å². The average Bonchev–Trinajstić information content (AvgIpc) is 3.68. The van der Waals surface area contributed by atoms with Crippen molar-refractivity contribution in [3.63, 3.8) is 0 Å². The standard InChI is InChI=1S/C55H42N2S/c1-39-28-30-42(31-29-39)43-32-34-46(35-33-43)57(53-26-13-25-52-51-24-8-9-27-54(51)58-55(52)53)50-23-12-22-49(38-50)56(47-20-10-18-44(36-47)40-14-4-2-5-15-40)48-21-11-19-45(37-48)41-16-6-3-7-17-41/h2-38,53,55H,1H3. The van der Waals surface area contributed by atoms with Crippen molar-refractivity contribution < 1.29 is 0 Å². The van der Waals surface area contributed by atoms with Crippen LogP contribution in [-0.4, -0.2) is 11.3 Å². The maximum absolute atomic E-state index is 2.55. The second-order valence-electron chi connectivity index (χ2n) is 15.0. The largest absolute Gasteiger partial charge is 0.333 e. The zero-order valence-electron chi connectivity index (χ0n) is 32.3. The Balaban J connectivity index is 1.11. The van der Waals surface area contributed by atoms with Gasteiger partial charge in [-0.3, -0.25) is 0 Å². The van der Waals surface area contributed by atoms with Crippen LogP contribution >= 0.6 is 11.8 Å². The summed E-state index contributed by atoms with van der Waals surface area (Å²) >= 11 is 1.98. The van der Waals surface area contributed by atoms with Crippen molar-refractivity contribution >= 4 is 45.8 Å². The summed E-state index contributed by atoms with van der Waals surface area (Å²) in [6.45, 7) is 2.14. The summed E-state index contributed by atoms with van der Waals surface area (Å²) < 4.78 is 0. The first-order chi connectivity index (χ1) is 28.7. The van der Waals surface area contributed by atoms with E-state index in [1.54, 1.807) is 0 Å². The number of thioether (sulfide) groups is 1. The first kappa shape index (κ1) is 35.6. The maximum Gasteiger partial charge on any atom is 0.0688 e. The van der Waals surface area contributed by atoms with Crippen molar-refractivity contribution in [3.8, 4) is 33.4 Å². The van der Waals surface area contributed by atoms with Crippen molar-refractivity contribution in [3.05, 3.63) is 236 Å². The molecule has 1 aliphatic carbocycles. The number of fused-ring (bicyclic) bond motifs is 3. The third kappa shape index (κ3) is 6.95. The number of nitrogens with zero attached hydrogens (tertiary/aromatic N) is 2. The van der Waals surface area contributed by atoms with Gasteiger partial charge in [0, 0.05) is 33.3 Å². The van der Waals surface area contributed by atoms with Crippen LogP contribution in [0, 0.1) is 6.92 Å². The summed E-state index contributed by atoms with van der Waals surface area (Å²) in [5, 5.41) is 0.240. The number of allylic oxidation sites excluding steroid dienone is 2. The first-order valence-corrected chi connectivity index (χ1v) is 20.9. The fourth-order valence-electron chi connectivity index (χ4n) is 8.39. The van der Waals surface area contributed by atoms with Crippen LogP contribution in [-0.2, 0) is 0 Å². The second kappa shape index (κ2) is 15.6.